The predicted molar refractivity (Wildman–Crippen MR) is 287 cm³/mol. The smallest absolute Gasteiger partial charge is 0.136 e. The molecule has 7 heteroatoms. The minimum absolute atomic E-state index is 0. The summed E-state index contributed by atoms with van der Waals surface area (Å²) in [4.78, 5) is 9.56. The van der Waals surface area contributed by atoms with Gasteiger partial charge in [-0.05, 0) is 68.8 Å². The van der Waals surface area contributed by atoms with E-state index in [1.165, 1.54) is 5.56 Å². The monoisotopic (exact) mass is 1100 g/mol. The molecule has 4 heterocycles. The van der Waals surface area contributed by atoms with Crippen molar-refractivity contribution in [1.29, 1.82) is 0 Å². The maximum Gasteiger partial charge on any atom is 0.136 e. The van der Waals surface area contributed by atoms with Crippen molar-refractivity contribution in [3.05, 3.63) is 237 Å². The molecule has 0 bridgehead atoms. The summed E-state index contributed by atoms with van der Waals surface area (Å²) >= 11 is 0. The minimum Gasteiger partial charge on any atom is -0.509 e. The maximum atomic E-state index is 6.97. The Morgan fingerprint density at radius 1 is 0.549 bits per heavy atom. The van der Waals surface area contributed by atoms with E-state index < -0.39 is 0 Å². The first-order chi connectivity index (χ1) is 34.3. The number of fused-ring (bicyclic) bond motifs is 8. The molecule has 0 radical (unpaired) electrons. The molecule has 0 saturated heterocycles. The van der Waals surface area contributed by atoms with Crippen molar-refractivity contribution < 1.29 is 30.2 Å². The van der Waals surface area contributed by atoms with Crippen molar-refractivity contribution in [1.82, 2.24) is 9.55 Å². The summed E-state index contributed by atoms with van der Waals surface area (Å²) < 4.78 is 15.9. The molecule has 9 aromatic carbocycles. The summed E-state index contributed by atoms with van der Waals surface area (Å²) in [6, 6.07) is 79.5. The Morgan fingerprint density at radius 2 is 1.20 bits per heavy atom. The third-order valence-corrected chi connectivity index (χ3v) is 13.5. The molecule has 346 valence electrons. The van der Waals surface area contributed by atoms with E-state index in [1.807, 2.05) is 18.3 Å². The molecule has 0 spiro atoms. The summed E-state index contributed by atoms with van der Waals surface area (Å²) in [6.07, 6.45) is 1.90. The molecule has 12 aromatic rings. The standard InChI is InChI=1S/C64H45N4O2.Pt/c1-64(2,3)47-34-35-65-59(38-47)68-57-40-49(31-32-54(57)63-62(68)60-51-25-14-13-24-45(51)30-33-58(60)70-63)69-50-37-46(42-18-7-4-8-19-42)36-48(39-50)66-41-67(56-29-16-15-28-55(56)66)61-52(43-20-9-5-10-21-43)26-17-27-53(61)44-22-11-6-12-23-44;/h4-38,41H,1-3H3;/q-3;. The van der Waals surface area contributed by atoms with Crippen molar-refractivity contribution in [2.24, 2.45) is 0 Å². The van der Waals surface area contributed by atoms with Gasteiger partial charge in [-0.1, -0.05) is 183 Å². The number of pyridine rings is 1. The minimum atomic E-state index is -0.0972. The summed E-state index contributed by atoms with van der Waals surface area (Å²) in [6.45, 7) is 8.87. The summed E-state index contributed by atoms with van der Waals surface area (Å²) in [5.74, 6) is 1.88. The molecule has 1 aliphatic heterocycles. The van der Waals surface area contributed by atoms with E-state index in [4.69, 9.17) is 14.1 Å². The number of hydrogen-bond acceptors (Lipinski definition) is 5. The van der Waals surface area contributed by atoms with Crippen LogP contribution in [0.25, 0.3) is 82.9 Å². The largest absolute Gasteiger partial charge is 0.509 e. The molecule has 3 aromatic heterocycles. The van der Waals surface area contributed by atoms with Gasteiger partial charge in [-0.25, -0.2) is 4.98 Å². The third-order valence-electron chi connectivity index (χ3n) is 13.5. The second-order valence-electron chi connectivity index (χ2n) is 18.9. The molecular weight excluding hydrogens is 1050 g/mol. The van der Waals surface area contributed by atoms with Crippen molar-refractivity contribution in [2.75, 3.05) is 9.80 Å². The first kappa shape index (κ1) is 44.1. The number of ether oxygens (including phenoxy) is 1. The average molecular weight is 1100 g/mol. The zero-order valence-corrected chi connectivity index (χ0v) is 41.5. The molecule has 71 heavy (non-hydrogen) atoms. The molecule has 6 nitrogen and oxygen atoms in total. The van der Waals surface area contributed by atoms with Crippen LogP contribution in [0.3, 0.4) is 0 Å². The number of para-hydroxylation sites is 3. The van der Waals surface area contributed by atoms with Gasteiger partial charge in [0.2, 0.25) is 0 Å². The second-order valence-corrected chi connectivity index (χ2v) is 18.9. The van der Waals surface area contributed by atoms with Gasteiger partial charge in [-0.15, -0.1) is 48.3 Å². The molecule has 0 atom stereocenters. The van der Waals surface area contributed by atoms with Crippen LogP contribution < -0.4 is 14.5 Å². The van der Waals surface area contributed by atoms with E-state index in [0.29, 0.717) is 11.5 Å². The fourth-order valence-corrected chi connectivity index (χ4v) is 10.1. The Hall–Kier alpha value is -8.18. The van der Waals surface area contributed by atoms with Gasteiger partial charge in [-0.3, -0.25) is 0 Å². The van der Waals surface area contributed by atoms with Gasteiger partial charge >= 0.3 is 0 Å². The number of furan rings is 1. The van der Waals surface area contributed by atoms with Crippen LogP contribution in [-0.2, 0) is 26.5 Å². The van der Waals surface area contributed by atoms with Crippen LogP contribution in [-0.4, -0.2) is 9.55 Å². The molecule has 0 aliphatic carbocycles. The number of hydrogen-bond donors (Lipinski definition) is 0. The molecule has 0 N–H and O–H groups in total. The van der Waals surface area contributed by atoms with Crippen molar-refractivity contribution in [3.63, 3.8) is 0 Å². The molecule has 0 unspecified atom stereocenters. The van der Waals surface area contributed by atoms with E-state index in [2.05, 4.69) is 248 Å². The van der Waals surface area contributed by atoms with Crippen molar-refractivity contribution in [3.8, 4) is 50.7 Å². The van der Waals surface area contributed by atoms with Crippen LogP contribution in [0.4, 0.5) is 22.7 Å². The molecular formula is C64H45N4O2Pt-3. The number of anilines is 4. The Kier molecular flexibility index (Phi) is 11.0. The van der Waals surface area contributed by atoms with E-state index in [9.17, 15) is 0 Å². The SMILES string of the molecule is CC(C)(C)c1ccnc(-n2c3[c-]c(Oc4[c-]c(N5[CH-]N(c6c(-c7ccccc7)cccc6-c6ccccc6)c6ccccc65)cc(-c5ccccc5)c4)ccc3c3oc4ccc5ccccc5c4c32)c1.[Pt]. The molecule has 0 saturated carbocycles. The molecule has 0 fully saturated rings. The van der Waals surface area contributed by atoms with Crippen LogP contribution >= 0.6 is 0 Å². The zero-order valence-electron chi connectivity index (χ0n) is 39.2. The summed E-state index contributed by atoms with van der Waals surface area (Å²) in [7, 11) is 0. The van der Waals surface area contributed by atoms with E-state index >= 15 is 0 Å². The van der Waals surface area contributed by atoms with E-state index in [-0.39, 0.29) is 26.5 Å². The van der Waals surface area contributed by atoms with Crippen LogP contribution in [0, 0.1) is 18.8 Å². The van der Waals surface area contributed by atoms with Gasteiger partial charge in [0.1, 0.15) is 17.0 Å². The maximum absolute atomic E-state index is 6.97. The van der Waals surface area contributed by atoms with Gasteiger partial charge < -0.3 is 23.5 Å². The van der Waals surface area contributed by atoms with Crippen LogP contribution in [0.5, 0.6) is 11.5 Å². The van der Waals surface area contributed by atoms with Gasteiger partial charge in [0, 0.05) is 67.0 Å². The molecule has 1 aliphatic rings. The topological polar surface area (TPSA) is 46.7 Å². The van der Waals surface area contributed by atoms with Gasteiger partial charge in [-0.2, -0.15) is 6.07 Å². The Bertz CT molecular complexity index is 3890. The van der Waals surface area contributed by atoms with Crippen molar-refractivity contribution >= 4 is 66.5 Å². The second kappa shape index (κ2) is 17.7. The Labute approximate surface area is 427 Å². The molecule has 13 rings (SSSR count). The normalized spacial score (nSPS) is 12.5. The van der Waals surface area contributed by atoms with Crippen LogP contribution in [0.1, 0.15) is 26.3 Å². The number of aromatic nitrogens is 2. The van der Waals surface area contributed by atoms with Crippen LogP contribution in [0.2, 0.25) is 0 Å². The Balaban J connectivity index is 0.00000517. The zero-order chi connectivity index (χ0) is 46.9. The third kappa shape index (κ3) is 7.67. The van der Waals surface area contributed by atoms with E-state index in [0.717, 1.165) is 106 Å². The van der Waals surface area contributed by atoms with E-state index in [1.54, 1.807) is 0 Å². The first-order valence-electron chi connectivity index (χ1n) is 23.7. The quantitative estimate of drug-likeness (QED) is 0.142. The number of rotatable bonds is 8. The number of benzene rings is 9. The fourth-order valence-electron chi connectivity index (χ4n) is 10.1. The van der Waals surface area contributed by atoms with Gasteiger partial charge in [0.15, 0.2) is 0 Å². The van der Waals surface area contributed by atoms with Crippen LogP contribution in [0.15, 0.2) is 217 Å². The molecule has 0 amide bonds. The van der Waals surface area contributed by atoms with Gasteiger partial charge in [0.25, 0.3) is 0 Å². The van der Waals surface area contributed by atoms with Crippen molar-refractivity contribution in [2.45, 2.75) is 26.2 Å². The fraction of sp³-hybridized carbons (Fsp3) is 0.0625. The van der Waals surface area contributed by atoms with Gasteiger partial charge in [0.05, 0.1) is 10.9 Å². The predicted octanol–water partition coefficient (Wildman–Crippen LogP) is 17.2. The Morgan fingerprint density at radius 3 is 1.90 bits per heavy atom. The number of nitrogens with zero attached hydrogens (tertiary/aromatic N) is 4. The summed E-state index contributed by atoms with van der Waals surface area (Å²) in [5, 5.41) is 4.21. The average Bonchev–Trinajstić information content (AvgIpc) is 4.08. The summed E-state index contributed by atoms with van der Waals surface area (Å²) in [5.41, 5.74) is 15.0. The first-order valence-corrected chi connectivity index (χ1v) is 23.7.